The van der Waals surface area contributed by atoms with Crippen molar-refractivity contribution in [1.82, 2.24) is 9.97 Å². The number of rotatable bonds is 2. The fraction of sp³-hybridized carbons (Fsp3) is 0.412. The number of hydrogen-bond acceptors (Lipinski definition) is 4. The van der Waals surface area contributed by atoms with E-state index in [2.05, 4.69) is 9.97 Å². The third-order valence-corrected chi connectivity index (χ3v) is 4.43. The zero-order valence-electron chi connectivity index (χ0n) is 14.1. The molecule has 1 aromatic heterocycles. The predicted octanol–water partition coefficient (Wildman–Crippen LogP) is 3.63. The predicted molar refractivity (Wildman–Crippen MR) is 88.7 cm³/mol. The Morgan fingerprint density at radius 1 is 1.00 bits per heavy atom. The molecule has 0 aliphatic carbocycles. The monoisotopic (exact) mass is 338 g/mol. The van der Waals surface area contributed by atoms with E-state index in [-0.39, 0.29) is 5.69 Å². The molecular weight excluding hydrogens is 317 g/mol. The maximum atomic E-state index is 13.8. The summed E-state index contributed by atoms with van der Waals surface area (Å²) in [6.07, 6.45) is -3.49. The van der Waals surface area contributed by atoms with Crippen molar-refractivity contribution in [3.05, 3.63) is 41.9 Å². The average Bonchev–Trinajstić information content (AvgIpc) is 2.43. The maximum absolute atomic E-state index is 13.8. The van der Waals surface area contributed by atoms with Crippen LogP contribution in [0.1, 0.15) is 33.4 Å². The van der Waals surface area contributed by atoms with E-state index in [1.807, 2.05) is 0 Å². The second-order valence-electron chi connectivity index (χ2n) is 6.98. The lowest BCUT2D eigenvalue weighted by atomic mass is 9.70. The standard InChI is InChI=1S/C17H21F3N4/c1-15(2,3)16(4,22)14(17(18,19)20)12(21)13-10-7-5-6-8-11(10)23-9-24-13/h5-9H,21-22H2,1-4H3/b14-12+/t16-/m0/s1. The van der Waals surface area contributed by atoms with Crippen molar-refractivity contribution in [2.75, 3.05) is 0 Å². The van der Waals surface area contributed by atoms with Crippen LogP contribution in [-0.2, 0) is 0 Å². The number of aromatic nitrogens is 2. The Kier molecular flexibility index (Phi) is 4.35. The van der Waals surface area contributed by atoms with Gasteiger partial charge in [-0.1, -0.05) is 39.0 Å². The van der Waals surface area contributed by atoms with E-state index in [0.29, 0.717) is 10.9 Å². The molecule has 0 bridgehead atoms. The van der Waals surface area contributed by atoms with Gasteiger partial charge in [-0.25, -0.2) is 9.97 Å². The number of nitrogens with two attached hydrogens (primary N) is 2. The minimum atomic E-state index is -4.69. The molecule has 0 unspecified atom stereocenters. The second kappa shape index (κ2) is 5.73. The van der Waals surface area contributed by atoms with Crippen LogP contribution in [0.4, 0.5) is 13.2 Å². The number of para-hydroxylation sites is 1. The molecule has 1 heterocycles. The molecule has 0 spiro atoms. The lowest BCUT2D eigenvalue weighted by molar-refractivity contribution is -0.105. The van der Waals surface area contributed by atoms with Gasteiger partial charge in [0, 0.05) is 5.39 Å². The van der Waals surface area contributed by atoms with Crippen LogP contribution in [0.5, 0.6) is 0 Å². The lowest BCUT2D eigenvalue weighted by Crippen LogP contribution is -2.54. The molecule has 4 N–H and O–H groups in total. The highest BCUT2D eigenvalue weighted by Crippen LogP contribution is 2.44. The van der Waals surface area contributed by atoms with Crippen molar-refractivity contribution < 1.29 is 13.2 Å². The van der Waals surface area contributed by atoms with Gasteiger partial charge in [0.2, 0.25) is 0 Å². The molecule has 130 valence electrons. The number of nitrogens with zero attached hydrogens (tertiary/aromatic N) is 2. The first-order valence-electron chi connectivity index (χ1n) is 7.44. The fourth-order valence-electron chi connectivity index (χ4n) is 2.44. The molecule has 1 aromatic carbocycles. The van der Waals surface area contributed by atoms with Crippen molar-refractivity contribution in [3.63, 3.8) is 0 Å². The Labute approximate surface area is 138 Å². The minimum absolute atomic E-state index is 0.0360. The van der Waals surface area contributed by atoms with Crippen molar-refractivity contribution in [3.8, 4) is 0 Å². The highest BCUT2D eigenvalue weighted by molar-refractivity contribution is 5.90. The first-order chi connectivity index (χ1) is 10.9. The Hall–Kier alpha value is -2.15. The first kappa shape index (κ1) is 18.2. The van der Waals surface area contributed by atoms with Crippen LogP contribution in [0.25, 0.3) is 16.6 Å². The second-order valence-corrected chi connectivity index (χ2v) is 6.98. The van der Waals surface area contributed by atoms with E-state index >= 15 is 0 Å². The number of alkyl halides is 3. The zero-order valence-corrected chi connectivity index (χ0v) is 14.1. The average molecular weight is 338 g/mol. The van der Waals surface area contributed by atoms with Crippen LogP contribution in [0.15, 0.2) is 36.2 Å². The number of hydrogen-bond donors (Lipinski definition) is 2. The third-order valence-electron chi connectivity index (χ3n) is 4.43. The van der Waals surface area contributed by atoms with Crippen molar-refractivity contribution in [2.24, 2.45) is 16.9 Å². The van der Waals surface area contributed by atoms with Gasteiger partial charge in [-0.2, -0.15) is 13.2 Å². The van der Waals surface area contributed by atoms with Crippen molar-refractivity contribution >= 4 is 16.6 Å². The van der Waals surface area contributed by atoms with Crippen molar-refractivity contribution in [1.29, 1.82) is 0 Å². The van der Waals surface area contributed by atoms with Crippen LogP contribution in [0.3, 0.4) is 0 Å². The highest BCUT2D eigenvalue weighted by Gasteiger charge is 2.51. The molecular formula is C17H21F3N4. The number of halogens is 3. The molecule has 4 nitrogen and oxygen atoms in total. The molecule has 1 atom stereocenters. The summed E-state index contributed by atoms with van der Waals surface area (Å²) in [7, 11) is 0. The SMILES string of the molecule is CC(C)(C)[C@@](C)(N)/C(=C(\N)c1ncnc2ccccc12)C(F)(F)F. The smallest absolute Gasteiger partial charge is 0.397 e. The van der Waals surface area contributed by atoms with E-state index < -0.39 is 28.4 Å². The van der Waals surface area contributed by atoms with E-state index in [4.69, 9.17) is 11.5 Å². The van der Waals surface area contributed by atoms with E-state index in [1.165, 1.54) is 13.3 Å². The molecule has 24 heavy (non-hydrogen) atoms. The summed E-state index contributed by atoms with van der Waals surface area (Å²) in [6, 6.07) is 6.76. The maximum Gasteiger partial charge on any atom is 0.416 e. The van der Waals surface area contributed by atoms with Gasteiger partial charge in [-0.15, -0.1) is 0 Å². The molecule has 7 heteroatoms. The van der Waals surface area contributed by atoms with Crippen LogP contribution in [0.2, 0.25) is 0 Å². The quantitative estimate of drug-likeness (QED) is 0.876. The van der Waals surface area contributed by atoms with Crippen molar-refractivity contribution in [2.45, 2.75) is 39.4 Å². The zero-order chi connectivity index (χ0) is 18.3. The van der Waals surface area contributed by atoms with Gasteiger partial charge in [0.05, 0.1) is 28.0 Å². The topological polar surface area (TPSA) is 77.8 Å². The Balaban J connectivity index is 2.85. The fourth-order valence-corrected chi connectivity index (χ4v) is 2.44. The molecule has 2 rings (SSSR count). The van der Waals surface area contributed by atoms with Gasteiger partial charge < -0.3 is 11.5 Å². The molecule has 0 aliphatic rings. The summed E-state index contributed by atoms with van der Waals surface area (Å²) in [6.45, 7) is 6.27. The third kappa shape index (κ3) is 3.08. The van der Waals surface area contributed by atoms with Gasteiger partial charge in [0.15, 0.2) is 0 Å². The normalized spacial score (nSPS) is 16.7. The highest BCUT2D eigenvalue weighted by atomic mass is 19.4. The van der Waals surface area contributed by atoms with Gasteiger partial charge in [0.1, 0.15) is 6.33 Å². The molecule has 0 saturated heterocycles. The summed E-state index contributed by atoms with van der Waals surface area (Å²) >= 11 is 0. The van der Waals surface area contributed by atoms with Gasteiger partial charge in [0.25, 0.3) is 0 Å². The van der Waals surface area contributed by atoms with Crippen LogP contribution in [-0.4, -0.2) is 21.7 Å². The molecule has 2 aromatic rings. The van der Waals surface area contributed by atoms with E-state index in [1.54, 1.807) is 45.0 Å². The summed E-state index contributed by atoms with van der Waals surface area (Å²) < 4.78 is 41.5. The van der Waals surface area contributed by atoms with E-state index in [0.717, 1.165) is 0 Å². The van der Waals surface area contributed by atoms with E-state index in [9.17, 15) is 13.2 Å². The Morgan fingerprint density at radius 2 is 1.58 bits per heavy atom. The molecule has 0 fully saturated rings. The first-order valence-corrected chi connectivity index (χ1v) is 7.44. The minimum Gasteiger partial charge on any atom is -0.397 e. The molecule has 0 radical (unpaired) electrons. The number of benzene rings is 1. The number of fused-ring (bicyclic) bond motifs is 1. The van der Waals surface area contributed by atoms with Gasteiger partial charge in [-0.05, 0) is 18.4 Å². The summed E-state index contributed by atoms with van der Waals surface area (Å²) in [5, 5.41) is 0.448. The summed E-state index contributed by atoms with van der Waals surface area (Å²) in [5.41, 5.74) is 8.59. The largest absolute Gasteiger partial charge is 0.416 e. The van der Waals surface area contributed by atoms with Crippen LogP contribution >= 0.6 is 0 Å². The summed E-state index contributed by atoms with van der Waals surface area (Å²) in [4.78, 5) is 8.04. The van der Waals surface area contributed by atoms with Crippen LogP contribution in [0, 0.1) is 5.41 Å². The molecule has 0 amide bonds. The Bertz CT molecular complexity index is 781. The summed E-state index contributed by atoms with van der Waals surface area (Å²) in [5.74, 6) is 0. The van der Waals surface area contributed by atoms with Gasteiger partial charge >= 0.3 is 6.18 Å². The Morgan fingerprint density at radius 3 is 2.12 bits per heavy atom. The molecule has 0 aliphatic heterocycles. The van der Waals surface area contributed by atoms with Crippen LogP contribution < -0.4 is 11.5 Å². The molecule has 0 saturated carbocycles. The lowest BCUT2D eigenvalue weighted by Gasteiger charge is -2.41. The van der Waals surface area contributed by atoms with Gasteiger partial charge in [-0.3, -0.25) is 0 Å².